The third-order valence-electron chi connectivity index (χ3n) is 4.93. The zero-order valence-electron chi connectivity index (χ0n) is 17.5. The van der Waals surface area contributed by atoms with Crippen molar-refractivity contribution >= 4 is 17.6 Å². The van der Waals surface area contributed by atoms with Crippen molar-refractivity contribution in [3.05, 3.63) is 47.9 Å². The Morgan fingerprint density at radius 1 is 0.971 bits per heavy atom. The number of hydrogen-bond acceptors (Lipinski definition) is 8. The van der Waals surface area contributed by atoms with E-state index in [0.717, 1.165) is 24.4 Å². The number of aliphatic hydroxyl groups is 1. The Balaban J connectivity index is 1.76. The molecular weight excluding hydrogens is 468 g/mol. The molecule has 0 aromatic carbocycles. The maximum absolute atomic E-state index is 13.1. The van der Waals surface area contributed by atoms with Gasteiger partial charge in [-0.2, -0.15) is 41.3 Å². The van der Waals surface area contributed by atoms with Gasteiger partial charge in [0, 0.05) is 25.0 Å². The van der Waals surface area contributed by atoms with E-state index in [1.165, 1.54) is 12.1 Å². The first-order valence-corrected chi connectivity index (χ1v) is 9.88. The largest absolute Gasteiger partial charge is 0.433 e. The Kier molecular flexibility index (Phi) is 5.79. The maximum atomic E-state index is 13.1. The van der Waals surface area contributed by atoms with Crippen molar-refractivity contribution < 1.29 is 31.4 Å². The fraction of sp³-hybridized carbons (Fsp3) is 0.350. The molecule has 1 saturated heterocycles. The van der Waals surface area contributed by atoms with Crippen molar-refractivity contribution in [3.8, 4) is 11.5 Å². The second-order valence-corrected chi connectivity index (χ2v) is 7.91. The third-order valence-corrected chi connectivity index (χ3v) is 4.93. The summed E-state index contributed by atoms with van der Waals surface area (Å²) in [5, 5.41) is 12.9. The molecule has 1 aliphatic heterocycles. The van der Waals surface area contributed by atoms with Crippen molar-refractivity contribution in [1.29, 1.82) is 0 Å². The summed E-state index contributed by atoms with van der Waals surface area (Å²) in [4.78, 5) is 20.9. The minimum atomic E-state index is -4.70. The second-order valence-electron chi connectivity index (χ2n) is 7.91. The van der Waals surface area contributed by atoms with Crippen molar-refractivity contribution in [2.75, 3.05) is 23.3 Å². The predicted octanol–water partition coefficient (Wildman–Crippen LogP) is 4.07. The normalized spacial score (nSPS) is 18.9. The number of alkyl halides is 6. The Bertz CT molecular complexity index is 1200. The van der Waals surface area contributed by atoms with Crippen LogP contribution in [0.5, 0.6) is 0 Å². The first-order chi connectivity index (χ1) is 15.8. The number of nitrogens with zero attached hydrogens (tertiary/aromatic N) is 6. The van der Waals surface area contributed by atoms with Gasteiger partial charge >= 0.3 is 12.4 Å². The summed E-state index contributed by atoms with van der Waals surface area (Å²) < 4.78 is 78.4. The van der Waals surface area contributed by atoms with Crippen molar-refractivity contribution in [2.24, 2.45) is 0 Å². The predicted molar refractivity (Wildman–Crippen MR) is 108 cm³/mol. The van der Waals surface area contributed by atoms with Crippen LogP contribution in [-0.4, -0.2) is 48.7 Å². The molecule has 0 amide bonds. The molecule has 4 rings (SSSR count). The summed E-state index contributed by atoms with van der Waals surface area (Å²) in [5.41, 5.74) is -3.60. The lowest BCUT2D eigenvalue weighted by Gasteiger charge is -2.20. The number of nitrogens with one attached hydrogen (secondary N) is 1. The smallest absolute Gasteiger partial charge is 0.388 e. The molecule has 8 nitrogen and oxygen atoms in total. The van der Waals surface area contributed by atoms with Gasteiger partial charge in [-0.05, 0) is 37.6 Å². The average Bonchev–Trinajstić information content (AvgIpc) is 3.12. The SMILES string of the molecule is C[C@]1(O)CCN(c2nc(Nc3ccnc(C(F)(F)F)c3)nc(-c3cccc(C(F)(F)F)n3)n2)C1. The standard InChI is InChI=1S/C20H17F6N7O/c1-18(34)6-8-33(10-18)17-31-15(12-3-2-4-13(29-12)19(21,22)23)30-16(32-17)28-11-5-7-27-14(9-11)20(24,25)26/h2-5,7,9,34H,6,8,10H2,1H3,(H,27,28,30,31,32)/t18-/m0/s1. The monoisotopic (exact) mass is 485 g/mol. The molecule has 0 spiro atoms. The molecule has 14 heteroatoms. The van der Waals surface area contributed by atoms with Crippen LogP contribution in [0.25, 0.3) is 11.5 Å². The molecule has 180 valence electrons. The van der Waals surface area contributed by atoms with E-state index in [2.05, 4.69) is 30.2 Å². The van der Waals surface area contributed by atoms with Gasteiger partial charge in [0.05, 0.1) is 5.60 Å². The van der Waals surface area contributed by atoms with E-state index in [1.807, 2.05) is 0 Å². The Hall–Kier alpha value is -3.55. The molecule has 3 aromatic rings. The van der Waals surface area contributed by atoms with E-state index in [4.69, 9.17) is 0 Å². The molecule has 1 atom stereocenters. The highest BCUT2D eigenvalue weighted by molar-refractivity contribution is 5.59. The van der Waals surface area contributed by atoms with Gasteiger partial charge in [-0.25, -0.2) is 4.98 Å². The van der Waals surface area contributed by atoms with Crippen LogP contribution in [0, 0.1) is 0 Å². The highest BCUT2D eigenvalue weighted by atomic mass is 19.4. The van der Waals surface area contributed by atoms with E-state index in [9.17, 15) is 31.4 Å². The van der Waals surface area contributed by atoms with Crippen LogP contribution in [0.1, 0.15) is 24.7 Å². The minimum Gasteiger partial charge on any atom is -0.388 e. The van der Waals surface area contributed by atoms with Gasteiger partial charge in [-0.1, -0.05) is 6.07 Å². The van der Waals surface area contributed by atoms with Gasteiger partial charge in [-0.3, -0.25) is 4.98 Å². The van der Waals surface area contributed by atoms with Crippen LogP contribution in [0.15, 0.2) is 36.5 Å². The molecule has 1 aliphatic rings. The van der Waals surface area contributed by atoms with Crippen LogP contribution in [0.3, 0.4) is 0 Å². The number of β-amino-alcohol motifs (C(OH)–C–C–N with tert-alkyl or cyclic N) is 1. The molecular formula is C20H17F6N7O. The van der Waals surface area contributed by atoms with Gasteiger partial charge < -0.3 is 15.3 Å². The zero-order chi connectivity index (χ0) is 24.7. The van der Waals surface area contributed by atoms with Crippen molar-refractivity contribution in [3.63, 3.8) is 0 Å². The first-order valence-electron chi connectivity index (χ1n) is 9.88. The number of anilines is 3. The van der Waals surface area contributed by atoms with Crippen molar-refractivity contribution in [1.82, 2.24) is 24.9 Å². The molecule has 0 bridgehead atoms. The Labute approximate surface area is 188 Å². The second kappa shape index (κ2) is 8.34. The summed E-state index contributed by atoms with van der Waals surface area (Å²) >= 11 is 0. The Morgan fingerprint density at radius 3 is 2.35 bits per heavy atom. The van der Waals surface area contributed by atoms with Crippen LogP contribution < -0.4 is 10.2 Å². The lowest BCUT2D eigenvalue weighted by molar-refractivity contribution is -0.141. The lowest BCUT2D eigenvalue weighted by Crippen LogP contribution is -2.30. The summed E-state index contributed by atoms with van der Waals surface area (Å²) in [6.07, 6.45) is -8.06. The molecule has 0 aliphatic carbocycles. The molecule has 34 heavy (non-hydrogen) atoms. The van der Waals surface area contributed by atoms with Gasteiger partial charge in [0.25, 0.3) is 0 Å². The quantitative estimate of drug-likeness (QED) is 0.534. The summed E-state index contributed by atoms with van der Waals surface area (Å²) in [6.45, 7) is 2.09. The molecule has 0 radical (unpaired) electrons. The molecule has 4 heterocycles. The van der Waals surface area contributed by atoms with Gasteiger partial charge in [-0.15, -0.1) is 0 Å². The molecule has 2 N–H and O–H groups in total. The van der Waals surface area contributed by atoms with Crippen molar-refractivity contribution in [2.45, 2.75) is 31.3 Å². The van der Waals surface area contributed by atoms with E-state index < -0.39 is 29.3 Å². The van der Waals surface area contributed by atoms with E-state index in [1.54, 1.807) is 11.8 Å². The summed E-state index contributed by atoms with van der Waals surface area (Å²) in [7, 11) is 0. The van der Waals surface area contributed by atoms with Crippen LogP contribution in [-0.2, 0) is 12.4 Å². The fourth-order valence-electron chi connectivity index (χ4n) is 3.30. The summed E-state index contributed by atoms with van der Waals surface area (Å²) in [5.74, 6) is -0.421. The first kappa shape index (κ1) is 23.6. The number of aromatic nitrogens is 5. The topological polar surface area (TPSA) is 100.0 Å². The van der Waals surface area contributed by atoms with Gasteiger partial charge in [0.2, 0.25) is 11.9 Å². The highest BCUT2D eigenvalue weighted by Crippen LogP contribution is 2.32. The molecule has 0 saturated carbocycles. The van der Waals surface area contributed by atoms with E-state index in [-0.39, 0.29) is 35.6 Å². The number of rotatable bonds is 4. The van der Waals surface area contributed by atoms with Gasteiger partial charge in [0.1, 0.15) is 17.1 Å². The average molecular weight is 485 g/mol. The van der Waals surface area contributed by atoms with Gasteiger partial charge in [0.15, 0.2) is 5.82 Å². The molecule has 0 unspecified atom stereocenters. The number of halogens is 6. The van der Waals surface area contributed by atoms with Crippen LogP contribution >= 0.6 is 0 Å². The minimum absolute atomic E-state index is 0.0228. The Morgan fingerprint density at radius 2 is 1.71 bits per heavy atom. The van der Waals surface area contributed by atoms with E-state index in [0.29, 0.717) is 13.0 Å². The lowest BCUT2D eigenvalue weighted by atomic mass is 10.1. The molecule has 3 aromatic heterocycles. The fourth-order valence-corrected chi connectivity index (χ4v) is 3.30. The highest BCUT2D eigenvalue weighted by Gasteiger charge is 2.35. The summed E-state index contributed by atoms with van der Waals surface area (Å²) in [6, 6.07) is 5.19. The zero-order valence-corrected chi connectivity index (χ0v) is 17.5. The number of hydrogen-bond donors (Lipinski definition) is 2. The number of pyridine rings is 2. The van der Waals surface area contributed by atoms with E-state index >= 15 is 0 Å². The molecule has 1 fully saturated rings. The van der Waals surface area contributed by atoms with Crippen LogP contribution in [0.2, 0.25) is 0 Å². The third kappa shape index (κ3) is 5.32. The van der Waals surface area contributed by atoms with Crippen LogP contribution in [0.4, 0.5) is 43.9 Å². The maximum Gasteiger partial charge on any atom is 0.433 e.